The lowest BCUT2D eigenvalue weighted by Gasteiger charge is -2.36. The molecule has 2 fully saturated rings. The average molecular weight is 278 g/mol. The minimum atomic E-state index is 0.489. The largest absolute Gasteiger partial charge is 0.493 e. The highest BCUT2D eigenvalue weighted by atomic mass is 16.6. The van der Waals surface area contributed by atoms with Crippen molar-refractivity contribution in [1.29, 1.82) is 0 Å². The van der Waals surface area contributed by atoms with Gasteiger partial charge in [0, 0.05) is 44.5 Å². The SMILES string of the molecule is COc1ccc(N2CCN(CC3CO3)CC2)cc1OC. The molecule has 110 valence electrons. The van der Waals surface area contributed by atoms with Crippen LogP contribution in [-0.2, 0) is 4.74 Å². The summed E-state index contributed by atoms with van der Waals surface area (Å²) in [6.45, 7) is 6.29. The van der Waals surface area contributed by atoms with Gasteiger partial charge in [-0.1, -0.05) is 0 Å². The van der Waals surface area contributed by atoms with E-state index in [0.29, 0.717) is 6.10 Å². The maximum absolute atomic E-state index is 5.37. The van der Waals surface area contributed by atoms with E-state index in [1.165, 1.54) is 5.69 Å². The fraction of sp³-hybridized carbons (Fsp3) is 0.600. The maximum Gasteiger partial charge on any atom is 0.162 e. The maximum atomic E-state index is 5.37. The molecule has 0 N–H and O–H groups in total. The topological polar surface area (TPSA) is 37.5 Å². The van der Waals surface area contributed by atoms with Crippen molar-refractivity contribution < 1.29 is 14.2 Å². The number of hydrogen-bond acceptors (Lipinski definition) is 5. The molecule has 1 unspecified atom stereocenters. The number of benzene rings is 1. The van der Waals surface area contributed by atoms with E-state index in [1.54, 1.807) is 14.2 Å². The van der Waals surface area contributed by atoms with Crippen LogP contribution < -0.4 is 14.4 Å². The molecule has 1 atom stereocenters. The molecule has 1 aromatic carbocycles. The van der Waals surface area contributed by atoms with Gasteiger partial charge in [0.15, 0.2) is 11.5 Å². The van der Waals surface area contributed by atoms with Crippen LogP contribution in [0.3, 0.4) is 0 Å². The highest BCUT2D eigenvalue weighted by Crippen LogP contribution is 2.31. The molecular formula is C15H22N2O3. The van der Waals surface area contributed by atoms with Crippen LogP contribution in [0.4, 0.5) is 5.69 Å². The van der Waals surface area contributed by atoms with E-state index in [0.717, 1.165) is 50.8 Å². The van der Waals surface area contributed by atoms with Gasteiger partial charge in [0.25, 0.3) is 0 Å². The molecule has 0 radical (unpaired) electrons. The number of epoxide rings is 1. The molecule has 2 aliphatic rings. The van der Waals surface area contributed by atoms with Gasteiger partial charge in [-0.25, -0.2) is 0 Å². The van der Waals surface area contributed by atoms with Gasteiger partial charge in [-0.3, -0.25) is 4.90 Å². The Labute approximate surface area is 120 Å². The van der Waals surface area contributed by atoms with Crippen LogP contribution >= 0.6 is 0 Å². The third kappa shape index (κ3) is 2.99. The summed E-state index contributed by atoms with van der Waals surface area (Å²) < 4.78 is 15.9. The average Bonchev–Trinajstić information content (AvgIpc) is 3.31. The molecule has 0 bridgehead atoms. The van der Waals surface area contributed by atoms with Crippen LogP contribution in [0.5, 0.6) is 11.5 Å². The van der Waals surface area contributed by atoms with E-state index in [2.05, 4.69) is 21.9 Å². The van der Waals surface area contributed by atoms with Crippen molar-refractivity contribution in [3.8, 4) is 11.5 Å². The minimum Gasteiger partial charge on any atom is -0.493 e. The molecule has 5 nitrogen and oxygen atoms in total. The third-order valence-electron chi connectivity index (χ3n) is 3.97. The lowest BCUT2D eigenvalue weighted by molar-refractivity contribution is 0.230. The zero-order valence-electron chi connectivity index (χ0n) is 12.2. The number of nitrogens with zero attached hydrogens (tertiary/aromatic N) is 2. The predicted molar refractivity (Wildman–Crippen MR) is 77.9 cm³/mol. The van der Waals surface area contributed by atoms with Gasteiger partial charge in [0.05, 0.1) is 26.9 Å². The quantitative estimate of drug-likeness (QED) is 0.757. The first kappa shape index (κ1) is 13.5. The lowest BCUT2D eigenvalue weighted by atomic mass is 10.2. The molecule has 3 rings (SSSR count). The summed E-state index contributed by atoms with van der Waals surface area (Å²) in [5.74, 6) is 1.57. The van der Waals surface area contributed by atoms with Crippen molar-refractivity contribution >= 4 is 5.69 Å². The second kappa shape index (κ2) is 5.89. The van der Waals surface area contributed by atoms with Crippen LogP contribution in [0, 0.1) is 0 Å². The Balaban J connectivity index is 1.61. The first-order valence-corrected chi connectivity index (χ1v) is 7.11. The van der Waals surface area contributed by atoms with Gasteiger partial charge in [0.1, 0.15) is 0 Å². The number of ether oxygens (including phenoxy) is 3. The summed E-state index contributed by atoms with van der Waals surface area (Å²) in [7, 11) is 3.34. The molecule has 0 aliphatic carbocycles. The number of rotatable bonds is 5. The van der Waals surface area contributed by atoms with Gasteiger partial charge >= 0.3 is 0 Å². The summed E-state index contributed by atoms with van der Waals surface area (Å²) >= 11 is 0. The molecule has 0 spiro atoms. The van der Waals surface area contributed by atoms with Gasteiger partial charge in [-0.15, -0.1) is 0 Å². The monoisotopic (exact) mass is 278 g/mol. The molecule has 0 amide bonds. The number of methoxy groups -OCH3 is 2. The van der Waals surface area contributed by atoms with Crippen LogP contribution in [0.15, 0.2) is 18.2 Å². The Bertz CT molecular complexity index is 454. The second-order valence-electron chi connectivity index (χ2n) is 5.28. The molecule has 2 saturated heterocycles. The van der Waals surface area contributed by atoms with Gasteiger partial charge in [-0.05, 0) is 12.1 Å². The van der Waals surface area contributed by atoms with Gasteiger partial charge in [-0.2, -0.15) is 0 Å². The molecule has 0 aromatic heterocycles. The van der Waals surface area contributed by atoms with Crippen molar-refractivity contribution in [2.75, 3.05) is 58.5 Å². The predicted octanol–water partition coefficient (Wildman–Crippen LogP) is 1.22. The number of anilines is 1. The second-order valence-corrected chi connectivity index (χ2v) is 5.28. The molecule has 20 heavy (non-hydrogen) atoms. The van der Waals surface area contributed by atoms with Crippen molar-refractivity contribution in [1.82, 2.24) is 4.90 Å². The fourth-order valence-electron chi connectivity index (χ4n) is 2.67. The lowest BCUT2D eigenvalue weighted by Crippen LogP contribution is -2.47. The molecule has 2 aliphatic heterocycles. The smallest absolute Gasteiger partial charge is 0.162 e. The molecule has 2 heterocycles. The van der Waals surface area contributed by atoms with Crippen LogP contribution in [0.1, 0.15) is 0 Å². The summed E-state index contributed by atoms with van der Waals surface area (Å²) in [4.78, 5) is 4.88. The Kier molecular flexibility index (Phi) is 3.98. The molecule has 0 saturated carbocycles. The van der Waals surface area contributed by atoms with Crippen molar-refractivity contribution in [3.05, 3.63) is 18.2 Å². The van der Waals surface area contributed by atoms with Crippen molar-refractivity contribution in [3.63, 3.8) is 0 Å². The van der Waals surface area contributed by atoms with E-state index in [4.69, 9.17) is 14.2 Å². The summed E-state index contributed by atoms with van der Waals surface area (Å²) in [5, 5.41) is 0. The molecule has 1 aromatic rings. The first-order chi connectivity index (χ1) is 9.80. The standard InChI is InChI=1S/C15H22N2O3/c1-18-14-4-3-12(9-15(14)19-2)17-7-5-16(6-8-17)10-13-11-20-13/h3-4,9,13H,5-8,10-11H2,1-2H3. The zero-order valence-corrected chi connectivity index (χ0v) is 12.2. The van der Waals surface area contributed by atoms with Crippen molar-refractivity contribution in [2.45, 2.75) is 6.10 Å². The molecular weight excluding hydrogens is 256 g/mol. The Morgan fingerprint density at radius 1 is 1.10 bits per heavy atom. The molecule has 5 heteroatoms. The highest BCUT2D eigenvalue weighted by Gasteiger charge is 2.27. The first-order valence-electron chi connectivity index (χ1n) is 7.11. The normalized spacial score (nSPS) is 22.7. The van der Waals surface area contributed by atoms with E-state index >= 15 is 0 Å². The van der Waals surface area contributed by atoms with Crippen molar-refractivity contribution in [2.24, 2.45) is 0 Å². The number of piperazine rings is 1. The third-order valence-corrected chi connectivity index (χ3v) is 3.97. The Morgan fingerprint density at radius 3 is 2.40 bits per heavy atom. The Morgan fingerprint density at radius 2 is 1.80 bits per heavy atom. The van der Waals surface area contributed by atoms with E-state index in [-0.39, 0.29) is 0 Å². The van der Waals surface area contributed by atoms with Crippen LogP contribution in [0.2, 0.25) is 0 Å². The summed E-state index contributed by atoms with van der Waals surface area (Å²) in [6.07, 6.45) is 0.489. The van der Waals surface area contributed by atoms with Crippen LogP contribution in [-0.4, -0.2) is 64.6 Å². The van der Waals surface area contributed by atoms with Gasteiger partial charge < -0.3 is 19.1 Å². The number of hydrogen-bond donors (Lipinski definition) is 0. The van der Waals surface area contributed by atoms with E-state index in [9.17, 15) is 0 Å². The minimum absolute atomic E-state index is 0.489. The van der Waals surface area contributed by atoms with Crippen LogP contribution in [0.25, 0.3) is 0 Å². The Hall–Kier alpha value is -1.46. The highest BCUT2D eigenvalue weighted by molar-refractivity contribution is 5.56. The fourth-order valence-corrected chi connectivity index (χ4v) is 2.67. The van der Waals surface area contributed by atoms with Gasteiger partial charge in [0.2, 0.25) is 0 Å². The summed E-state index contributed by atoms with van der Waals surface area (Å²) in [6, 6.07) is 6.12. The summed E-state index contributed by atoms with van der Waals surface area (Å²) in [5.41, 5.74) is 1.20. The zero-order chi connectivity index (χ0) is 13.9. The van der Waals surface area contributed by atoms with E-state index < -0.39 is 0 Å². The van der Waals surface area contributed by atoms with E-state index in [1.807, 2.05) is 6.07 Å².